The number of halogens is 2. The minimum absolute atomic E-state index is 0.0149. The van der Waals surface area contributed by atoms with Crippen LogP contribution in [0, 0.1) is 10.8 Å². The van der Waals surface area contributed by atoms with Gasteiger partial charge in [-0.25, -0.2) is 0 Å². The molecular weight excluding hydrogens is 496 g/mol. The van der Waals surface area contributed by atoms with Crippen LogP contribution in [0.3, 0.4) is 0 Å². The van der Waals surface area contributed by atoms with Crippen molar-refractivity contribution in [1.82, 2.24) is 0 Å². The van der Waals surface area contributed by atoms with Crippen LogP contribution in [-0.4, -0.2) is 26.4 Å². The Morgan fingerprint density at radius 2 is 1.07 bits per heavy atom. The van der Waals surface area contributed by atoms with Crippen molar-refractivity contribution in [3.05, 3.63) is 68.6 Å². The average molecular weight is 524 g/mol. The zero-order valence-corrected chi connectivity index (χ0v) is 20.2. The third-order valence-corrected chi connectivity index (χ3v) is 7.75. The molecule has 2 fully saturated rings. The molecule has 29 heavy (non-hydrogen) atoms. The van der Waals surface area contributed by atoms with Crippen LogP contribution in [0.15, 0.2) is 57.5 Å². The fourth-order valence-corrected chi connectivity index (χ4v) is 4.90. The molecule has 0 spiro atoms. The van der Waals surface area contributed by atoms with Crippen LogP contribution in [0.25, 0.3) is 0 Å². The summed E-state index contributed by atoms with van der Waals surface area (Å²) in [6, 6.07) is 17.1. The summed E-state index contributed by atoms with van der Waals surface area (Å²) in [7, 11) is 0. The third-order valence-electron chi connectivity index (χ3n) is 6.70. The molecule has 0 amide bonds. The lowest BCUT2D eigenvalue weighted by molar-refractivity contribution is -0.254. The molecule has 0 aliphatic carbocycles. The first-order chi connectivity index (χ1) is 14.0. The summed E-state index contributed by atoms with van der Waals surface area (Å²) in [5.41, 5.74) is 2.46. The van der Waals surface area contributed by atoms with Gasteiger partial charge >= 0.3 is 0 Å². The molecule has 2 unspecified atom stereocenters. The van der Waals surface area contributed by atoms with Gasteiger partial charge in [0.05, 0.1) is 38.6 Å². The first-order valence-electron chi connectivity index (χ1n) is 10.3. The lowest BCUT2D eigenvalue weighted by atomic mass is 9.72. The van der Waals surface area contributed by atoms with Crippen LogP contribution in [0.5, 0.6) is 0 Å². The van der Waals surface area contributed by atoms with Gasteiger partial charge in [0.15, 0.2) is 0 Å². The Balaban J connectivity index is 1.73. The van der Waals surface area contributed by atoms with Gasteiger partial charge in [0.2, 0.25) is 0 Å². The van der Waals surface area contributed by atoms with Gasteiger partial charge in [-0.05, 0) is 48.2 Å². The van der Waals surface area contributed by atoms with E-state index in [1.807, 2.05) is 0 Å². The SMILES string of the molecule is CCC1(C(OC(c2ccc(Br)cc2)C2(CC)COC2)c2ccc(Br)cc2)COC1. The molecule has 2 aromatic rings. The maximum atomic E-state index is 7.11. The van der Waals surface area contributed by atoms with Crippen molar-refractivity contribution in [2.24, 2.45) is 10.8 Å². The van der Waals surface area contributed by atoms with Crippen molar-refractivity contribution >= 4 is 31.9 Å². The Kier molecular flexibility index (Phi) is 6.52. The van der Waals surface area contributed by atoms with Gasteiger partial charge in [0.25, 0.3) is 0 Å². The van der Waals surface area contributed by atoms with Crippen molar-refractivity contribution < 1.29 is 14.2 Å². The van der Waals surface area contributed by atoms with Crippen LogP contribution >= 0.6 is 31.9 Å². The zero-order valence-electron chi connectivity index (χ0n) is 17.0. The smallest absolute Gasteiger partial charge is 0.0933 e. The lowest BCUT2D eigenvalue weighted by Gasteiger charge is -2.52. The van der Waals surface area contributed by atoms with Crippen LogP contribution in [0.1, 0.15) is 50.0 Å². The highest BCUT2D eigenvalue weighted by molar-refractivity contribution is 9.10. The monoisotopic (exact) mass is 522 g/mol. The van der Waals surface area contributed by atoms with Gasteiger partial charge in [0.1, 0.15) is 0 Å². The van der Waals surface area contributed by atoms with E-state index in [9.17, 15) is 0 Å². The molecule has 2 aliphatic heterocycles. The number of benzene rings is 2. The van der Waals surface area contributed by atoms with Crippen LogP contribution in [0.4, 0.5) is 0 Å². The fraction of sp³-hybridized carbons (Fsp3) is 0.500. The van der Waals surface area contributed by atoms with Crippen molar-refractivity contribution in [3.8, 4) is 0 Å². The molecule has 0 aromatic heterocycles. The van der Waals surface area contributed by atoms with E-state index in [1.54, 1.807) is 0 Å². The molecular formula is C24H28Br2O3. The average Bonchev–Trinajstić information content (AvgIpc) is 2.66. The van der Waals surface area contributed by atoms with E-state index in [4.69, 9.17) is 14.2 Å². The lowest BCUT2D eigenvalue weighted by Crippen LogP contribution is -2.52. The highest BCUT2D eigenvalue weighted by Gasteiger charge is 2.51. The second-order valence-corrected chi connectivity index (χ2v) is 10.2. The summed E-state index contributed by atoms with van der Waals surface area (Å²) in [5.74, 6) is 0. The normalized spacial score (nSPS) is 21.7. The van der Waals surface area contributed by atoms with Crippen molar-refractivity contribution in [3.63, 3.8) is 0 Å². The first-order valence-corrected chi connectivity index (χ1v) is 11.9. The summed E-state index contributed by atoms with van der Waals surface area (Å²) >= 11 is 7.13. The molecule has 0 bridgehead atoms. The molecule has 0 saturated carbocycles. The summed E-state index contributed by atoms with van der Waals surface area (Å²) < 4.78 is 20.7. The predicted molar refractivity (Wildman–Crippen MR) is 122 cm³/mol. The van der Waals surface area contributed by atoms with Gasteiger partial charge in [-0.1, -0.05) is 70.0 Å². The van der Waals surface area contributed by atoms with Gasteiger partial charge in [0, 0.05) is 19.8 Å². The van der Waals surface area contributed by atoms with Gasteiger partial charge in [-0.2, -0.15) is 0 Å². The van der Waals surface area contributed by atoms with Gasteiger partial charge in [-0.15, -0.1) is 0 Å². The molecule has 2 saturated heterocycles. The molecule has 5 heteroatoms. The fourth-order valence-electron chi connectivity index (χ4n) is 4.37. The van der Waals surface area contributed by atoms with Crippen LogP contribution in [0.2, 0.25) is 0 Å². The molecule has 3 nitrogen and oxygen atoms in total. The first kappa shape index (κ1) is 21.5. The number of ether oxygens (including phenoxy) is 3. The Labute approximate surface area is 190 Å². The van der Waals surface area contributed by atoms with E-state index in [0.717, 1.165) is 48.2 Å². The van der Waals surface area contributed by atoms with Crippen molar-refractivity contribution in [2.45, 2.75) is 38.9 Å². The number of rotatable bonds is 8. The largest absolute Gasteiger partial charge is 0.380 e. The summed E-state index contributed by atoms with van der Waals surface area (Å²) in [6.45, 7) is 7.46. The minimum Gasteiger partial charge on any atom is -0.380 e. The molecule has 0 radical (unpaired) electrons. The molecule has 4 rings (SSSR count). The molecule has 2 atom stereocenters. The van der Waals surface area contributed by atoms with Crippen LogP contribution in [-0.2, 0) is 14.2 Å². The molecule has 0 N–H and O–H groups in total. The molecule has 2 heterocycles. The second-order valence-electron chi connectivity index (χ2n) is 8.42. The van der Waals surface area contributed by atoms with Gasteiger partial charge < -0.3 is 14.2 Å². The Bertz CT molecular complexity index is 731. The molecule has 2 aliphatic rings. The maximum absolute atomic E-state index is 7.11. The van der Waals surface area contributed by atoms with Gasteiger partial charge in [-0.3, -0.25) is 0 Å². The van der Waals surface area contributed by atoms with Crippen LogP contribution < -0.4 is 0 Å². The quantitative estimate of drug-likeness (QED) is 0.378. The van der Waals surface area contributed by atoms with E-state index in [2.05, 4.69) is 94.2 Å². The Morgan fingerprint density at radius 1 is 0.724 bits per heavy atom. The maximum Gasteiger partial charge on any atom is 0.0933 e. The van der Waals surface area contributed by atoms with E-state index >= 15 is 0 Å². The van der Waals surface area contributed by atoms with E-state index < -0.39 is 0 Å². The van der Waals surface area contributed by atoms with E-state index in [-0.39, 0.29) is 23.0 Å². The summed E-state index contributed by atoms with van der Waals surface area (Å²) in [5, 5.41) is 0. The second kappa shape index (κ2) is 8.80. The molecule has 156 valence electrons. The summed E-state index contributed by atoms with van der Waals surface area (Å²) in [4.78, 5) is 0. The standard InChI is InChI=1S/C24H28Br2O3/c1-3-23(13-27-14-23)21(17-5-9-19(25)10-6-17)29-22(24(4-2)15-28-16-24)18-7-11-20(26)12-8-18/h5-12,21-22H,3-4,13-16H2,1-2H3. The van der Waals surface area contributed by atoms with Crippen molar-refractivity contribution in [1.29, 1.82) is 0 Å². The van der Waals surface area contributed by atoms with Crippen molar-refractivity contribution in [2.75, 3.05) is 26.4 Å². The minimum atomic E-state index is -0.0213. The van der Waals surface area contributed by atoms with E-state index in [0.29, 0.717) is 0 Å². The number of hydrogen-bond acceptors (Lipinski definition) is 3. The highest BCUT2D eigenvalue weighted by Crippen LogP contribution is 2.53. The zero-order chi connectivity index (χ0) is 20.5. The molecule has 2 aromatic carbocycles. The Hall–Kier alpha value is -0.720. The Morgan fingerprint density at radius 3 is 1.31 bits per heavy atom. The summed E-state index contributed by atoms with van der Waals surface area (Å²) in [6.07, 6.45) is 2.01. The van der Waals surface area contributed by atoms with E-state index in [1.165, 1.54) is 11.1 Å². The number of hydrogen-bond donors (Lipinski definition) is 0. The highest BCUT2D eigenvalue weighted by atomic mass is 79.9. The third kappa shape index (κ3) is 4.09. The predicted octanol–water partition coefficient (Wildman–Crippen LogP) is 6.86. The topological polar surface area (TPSA) is 27.7 Å².